The lowest BCUT2D eigenvalue weighted by Crippen LogP contribution is -2.26. The lowest BCUT2D eigenvalue weighted by atomic mass is 10.2. The van der Waals surface area contributed by atoms with Gasteiger partial charge in [0.1, 0.15) is 6.10 Å². The van der Waals surface area contributed by atoms with Crippen molar-refractivity contribution >= 4 is 23.2 Å². The Morgan fingerprint density at radius 1 is 1.18 bits per heavy atom. The summed E-state index contributed by atoms with van der Waals surface area (Å²) >= 11 is 0. The van der Waals surface area contributed by atoms with Gasteiger partial charge in [-0.25, -0.2) is 0 Å². The second-order valence-corrected chi connectivity index (χ2v) is 7.17. The van der Waals surface area contributed by atoms with E-state index in [1.807, 2.05) is 13.8 Å². The van der Waals surface area contributed by atoms with Crippen molar-refractivity contribution in [2.45, 2.75) is 58.0 Å². The van der Waals surface area contributed by atoms with Crippen LogP contribution in [0.3, 0.4) is 0 Å². The van der Waals surface area contributed by atoms with Crippen LogP contribution in [0.4, 0.5) is 11.4 Å². The number of hydrogen-bond acceptors (Lipinski definition) is 6. The van der Waals surface area contributed by atoms with Crippen molar-refractivity contribution in [3.8, 4) is 0 Å². The summed E-state index contributed by atoms with van der Waals surface area (Å²) in [5.41, 5.74) is 1.36. The van der Waals surface area contributed by atoms with Crippen LogP contribution in [0.25, 0.3) is 0 Å². The van der Waals surface area contributed by atoms with E-state index in [-0.39, 0.29) is 23.8 Å². The van der Waals surface area contributed by atoms with E-state index >= 15 is 0 Å². The molecule has 0 radical (unpaired) electrons. The van der Waals surface area contributed by atoms with Crippen LogP contribution in [0.2, 0.25) is 0 Å². The van der Waals surface area contributed by atoms with Gasteiger partial charge < -0.3 is 19.9 Å². The van der Waals surface area contributed by atoms with Crippen LogP contribution in [0.15, 0.2) is 28.8 Å². The average Bonchev–Trinajstić information content (AvgIpc) is 3.35. The molecule has 0 saturated carbocycles. The Bertz CT molecular complexity index is 795. The average molecular weight is 386 g/mol. The highest BCUT2D eigenvalue weighted by molar-refractivity contribution is 5.95. The Morgan fingerprint density at radius 3 is 2.50 bits per heavy atom. The van der Waals surface area contributed by atoms with Gasteiger partial charge in [0.25, 0.3) is 5.91 Å². The van der Waals surface area contributed by atoms with Gasteiger partial charge in [0.05, 0.1) is 0 Å². The number of carbonyl (C=O) groups excluding carboxylic acids is 2. The first-order valence-electron chi connectivity index (χ1n) is 9.66. The molecule has 1 aromatic heterocycles. The van der Waals surface area contributed by atoms with E-state index in [4.69, 9.17) is 9.26 Å². The molecule has 150 valence electrons. The van der Waals surface area contributed by atoms with Crippen molar-refractivity contribution < 1.29 is 18.8 Å². The highest BCUT2D eigenvalue weighted by atomic mass is 16.5. The summed E-state index contributed by atoms with van der Waals surface area (Å²) in [7, 11) is 0. The van der Waals surface area contributed by atoms with Crippen molar-refractivity contribution in [3.63, 3.8) is 0 Å². The normalized spacial score (nSPS) is 16.3. The molecule has 8 nitrogen and oxygen atoms in total. The van der Waals surface area contributed by atoms with Gasteiger partial charge >= 0.3 is 0 Å². The third kappa shape index (κ3) is 5.63. The molecule has 0 bridgehead atoms. The van der Waals surface area contributed by atoms with E-state index in [9.17, 15) is 9.59 Å². The second-order valence-electron chi connectivity index (χ2n) is 7.17. The van der Waals surface area contributed by atoms with E-state index in [1.54, 1.807) is 24.3 Å². The van der Waals surface area contributed by atoms with Gasteiger partial charge in [-0.2, -0.15) is 4.98 Å². The van der Waals surface area contributed by atoms with Gasteiger partial charge in [-0.1, -0.05) is 19.0 Å². The SMILES string of the molecule is CC(C)c1noc(CCCC(=O)Nc2ccc(NC(=O)[C@@H]3CCCO3)cc2)n1. The number of anilines is 2. The maximum absolute atomic E-state index is 12.1. The molecule has 2 amide bonds. The van der Waals surface area contributed by atoms with Crippen LogP contribution in [-0.4, -0.2) is 34.7 Å². The van der Waals surface area contributed by atoms with Gasteiger partial charge in [0.15, 0.2) is 5.82 Å². The van der Waals surface area contributed by atoms with Gasteiger partial charge in [0, 0.05) is 36.7 Å². The fourth-order valence-corrected chi connectivity index (χ4v) is 2.87. The minimum absolute atomic E-state index is 0.0836. The molecule has 1 aliphatic rings. The van der Waals surface area contributed by atoms with E-state index in [2.05, 4.69) is 20.8 Å². The summed E-state index contributed by atoms with van der Waals surface area (Å²) in [6.45, 7) is 4.64. The van der Waals surface area contributed by atoms with Crippen LogP contribution < -0.4 is 10.6 Å². The molecule has 1 aliphatic heterocycles. The molecule has 8 heteroatoms. The van der Waals surface area contributed by atoms with Crippen molar-refractivity contribution in [2.24, 2.45) is 0 Å². The Morgan fingerprint density at radius 2 is 1.89 bits per heavy atom. The fourth-order valence-electron chi connectivity index (χ4n) is 2.87. The largest absolute Gasteiger partial charge is 0.368 e. The number of amides is 2. The predicted octanol–water partition coefficient (Wildman–Crippen LogP) is 3.27. The molecule has 0 spiro atoms. The molecule has 28 heavy (non-hydrogen) atoms. The standard InChI is InChI=1S/C20H26N4O4/c1-13(2)19-23-18(28-24-19)7-3-6-17(25)21-14-8-10-15(11-9-14)22-20(26)16-5-4-12-27-16/h8-11,13,16H,3-7,12H2,1-2H3,(H,21,25)(H,22,26)/t16-/m0/s1. The Kier molecular flexibility index (Phi) is 6.76. The number of rotatable bonds is 8. The third-order valence-electron chi connectivity index (χ3n) is 4.45. The molecule has 1 fully saturated rings. The van der Waals surface area contributed by atoms with Crippen molar-refractivity contribution in [2.75, 3.05) is 17.2 Å². The maximum atomic E-state index is 12.1. The summed E-state index contributed by atoms with van der Waals surface area (Å²) in [6.07, 6.45) is 2.85. The molecule has 2 N–H and O–H groups in total. The van der Waals surface area contributed by atoms with Crippen LogP contribution in [-0.2, 0) is 20.7 Å². The number of aromatic nitrogens is 2. The number of hydrogen-bond donors (Lipinski definition) is 2. The molecule has 3 rings (SSSR count). The molecular weight excluding hydrogens is 360 g/mol. The van der Waals surface area contributed by atoms with Gasteiger partial charge in [-0.15, -0.1) is 0 Å². The lowest BCUT2D eigenvalue weighted by molar-refractivity contribution is -0.124. The van der Waals surface area contributed by atoms with Gasteiger partial charge in [-0.05, 0) is 43.5 Å². The van der Waals surface area contributed by atoms with E-state index in [0.29, 0.717) is 49.0 Å². The number of aryl methyl sites for hydroxylation is 1. The van der Waals surface area contributed by atoms with E-state index in [1.165, 1.54) is 0 Å². The molecule has 1 atom stereocenters. The number of carbonyl (C=O) groups is 2. The molecular formula is C20H26N4O4. The first-order chi connectivity index (χ1) is 13.5. The molecule has 2 aromatic rings. The highest BCUT2D eigenvalue weighted by Gasteiger charge is 2.23. The number of nitrogens with one attached hydrogen (secondary N) is 2. The van der Waals surface area contributed by atoms with Crippen LogP contribution >= 0.6 is 0 Å². The quantitative estimate of drug-likeness (QED) is 0.721. The van der Waals surface area contributed by atoms with Crippen molar-refractivity contribution in [3.05, 3.63) is 36.0 Å². The first-order valence-corrected chi connectivity index (χ1v) is 9.66. The Balaban J connectivity index is 1.40. The van der Waals surface area contributed by atoms with Crippen molar-refractivity contribution in [1.82, 2.24) is 10.1 Å². The highest BCUT2D eigenvalue weighted by Crippen LogP contribution is 2.18. The Hall–Kier alpha value is -2.74. The minimum Gasteiger partial charge on any atom is -0.368 e. The minimum atomic E-state index is -0.366. The summed E-state index contributed by atoms with van der Waals surface area (Å²) in [6, 6.07) is 7.04. The van der Waals surface area contributed by atoms with Crippen LogP contribution in [0.5, 0.6) is 0 Å². The van der Waals surface area contributed by atoms with Crippen LogP contribution in [0, 0.1) is 0 Å². The number of ether oxygens (including phenoxy) is 1. The smallest absolute Gasteiger partial charge is 0.253 e. The molecule has 1 saturated heterocycles. The number of nitrogens with zero attached hydrogens (tertiary/aromatic N) is 2. The summed E-state index contributed by atoms with van der Waals surface area (Å²) < 4.78 is 10.5. The third-order valence-corrected chi connectivity index (χ3v) is 4.45. The first kappa shape index (κ1) is 20.0. The maximum Gasteiger partial charge on any atom is 0.253 e. The monoisotopic (exact) mass is 386 g/mol. The summed E-state index contributed by atoms with van der Waals surface area (Å²) in [5, 5.41) is 9.58. The topological polar surface area (TPSA) is 106 Å². The lowest BCUT2D eigenvalue weighted by Gasteiger charge is -2.11. The molecule has 0 unspecified atom stereocenters. The zero-order valence-electron chi connectivity index (χ0n) is 16.2. The summed E-state index contributed by atoms with van der Waals surface area (Å²) in [4.78, 5) is 28.4. The zero-order valence-corrected chi connectivity index (χ0v) is 16.2. The molecule has 0 aliphatic carbocycles. The van der Waals surface area contributed by atoms with E-state index < -0.39 is 0 Å². The van der Waals surface area contributed by atoms with E-state index in [0.717, 1.165) is 12.8 Å². The van der Waals surface area contributed by atoms with Crippen molar-refractivity contribution in [1.29, 1.82) is 0 Å². The molecule has 2 heterocycles. The van der Waals surface area contributed by atoms with Gasteiger partial charge in [0.2, 0.25) is 11.8 Å². The number of benzene rings is 1. The zero-order chi connectivity index (χ0) is 19.9. The Labute approximate surface area is 164 Å². The fraction of sp³-hybridized carbons (Fsp3) is 0.500. The predicted molar refractivity (Wildman–Crippen MR) is 104 cm³/mol. The summed E-state index contributed by atoms with van der Waals surface area (Å²) in [5.74, 6) is 1.25. The second kappa shape index (κ2) is 9.45. The molecule has 1 aromatic carbocycles. The van der Waals surface area contributed by atoms with Gasteiger partial charge in [-0.3, -0.25) is 9.59 Å². The van der Waals surface area contributed by atoms with Crippen LogP contribution in [0.1, 0.15) is 57.2 Å².